The van der Waals surface area contributed by atoms with Crippen molar-refractivity contribution in [2.24, 2.45) is 0 Å². The summed E-state index contributed by atoms with van der Waals surface area (Å²) in [5.41, 5.74) is 0. The molecule has 2 rings (SSSR count). The molecule has 5 nitrogen and oxygen atoms in total. The van der Waals surface area contributed by atoms with Crippen LogP contribution in [0.15, 0.2) is 14.7 Å². The molecule has 0 spiro atoms. The van der Waals surface area contributed by atoms with Crippen molar-refractivity contribution in [2.45, 2.75) is 36.8 Å². The van der Waals surface area contributed by atoms with E-state index >= 15 is 0 Å². The van der Waals surface area contributed by atoms with E-state index in [9.17, 15) is 8.42 Å². The Balaban J connectivity index is 1.94. The van der Waals surface area contributed by atoms with Crippen LogP contribution in [0.2, 0.25) is 0 Å². The number of thiophene rings is 1. The maximum Gasteiger partial charge on any atom is 0.242 e. The normalized spacial score (nSPS) is 19.6. The highest BCUT2D eigenvalue weighted by molar-refractivity contribution is 9.11. The van der Waals surface area contributed by atoms with Gasteiger partial charge in [-0.1, -0.05) is 0 Å². The van der Waals surface area contributed by atoms with Gasteiger partial charge in [0.05, 0.1) is 9.89 Å². The van der Waals surface area contributed by atoms with E-state index in [0.717, 1.165) is 30.7 Å². The maximum absolute atomic E-state index is 12.2. The number of hydrogen-bond donors (Lipinski definition) is 2. The highest BCUT2D eigenvalue weighted by Gasteiger charge is 2.22. The van der Waals surface area contributed by atoms with Gasteiger partial charge in [0.25, 0.3) is 0 Å². The van der Waals surface area contributed by atoms with Crippen LogP contribution in [0.1, 0.15) is 24.1 Å². The molecule has 0 saturated carbocycles. The zero-order chi connectivity index (χ0) is 14.6. The summed E-state index contributed by atoms with van der Waals surface area (Å²) in [6, 6.07) is 1.71. The first-order valence-corrected chi connectivity index (χ1v) is 9.66. The standard InChI is InChI=1S/C12H19BrN2O3S2/c1-14-8-10-7-11(12(13)19-10)20(16,17)15-5-4-9-3-2-6-18-9/h7,9,14-15H,2-6,8H2,1H3. The monoisotopic (exact) mass is 382 g/mol. The van der Waals surface area contributed by atoms with Crippen LogP contribution in [-0.2, 0) is 21.3 Å². The number of rotatable bonds is 7. The molecule has 2 heterocycles. The Labute approximate surface area is 132 Å². The van der Waals surface area contributed by atoms with E-state index in [1.165, 1.54) is 11.3 Å². The first-order valence-electron chi connectivity index (χ1n) is 6.57. The van der Waals surface area contributed by atoms with Crippen molar-refractivity contribution in [3.05, 3.63) is 14.7 Å². The number of halogens is 1. The molecular formula is C12H19BrN2O3S2. The molecule has 1 atom stereocenters. The molecular weight excluding hydrogens is 364 g/mol. The van der Waals surface area contributed by atoms with Gasteiger partial charge in [0.1, 0.15) is 4.90 Å². The highest BCUT2D eigenvalue weighted by atomic mass is 79.9. The molecule has 114 valence electrons. The Morgan fingerprint density at radius 1 is 1.55 bits per heavy atom. The average molecular weight is 383 g/mol. The van der Waals surface area contributed by atoms with Crippen LogP contribution in [0.3, 0.4) is 0 Å². The van der Waals surface area contributed by atoms with Crippen molar-refractivity contribution in [1.82, 2.24) is 10.0 Å². The molecule has 2 N–H and O–H groups in total. The fourth-order valence-corrected chi connectivity index (χ4v) is 5.89. The number of ether oxygens (including phenoxy) is 1. The first kappa shape index (κ1) is 16.4. The summed E-state index contributed by atoms with van der Waals surface area (Å²) < 4.78 is 33.3. The van der Waals surface area contributed by atoms with Gasteiger partial charge in [0, 0.05) is 24.6 Å². The molecule has 1 aliphatic rings. The van der Waals surface area contributed by atoms with Crippen molar-refractivity contribution in [3.63, 3.8) is 0 Å². The van der Waals surface area contributed by atoms with Gasteiger partial charge in [0.2, 0.25) is 10.0 Å². The van der Waals surface area contributed by atoms with E-state index in [-0.39, 0.29) is 6.10 Å². The molecule has 0 aliphatic carbocycles. The van der Waals surface area contributed by atoms with Gasteiger partial charge < -0.3 is 10.1 Å². The molecule has 20 heavy (non-hydrogen) atoms. The SMILES string of the molecule is CNCc1cc(S(=O)(=O)NCCC2CCCO2)c(Br)s1. The van der Waals surface area contributed by atoms with Crippen LogP contribution >= 0.6 is 27.3 Å². The maximum atomic E-state index is 12.2. The molecule has 1 aromatic heterocycles. The topological polar surface area (TPSA) is 67.4 Å². The Kier molecular flexibility index (Phi) is 6.00. The summed E-state index contributed by atoms with van der Waals surface area (Å²) in [7, 11) is -1.61. The minimum atomic E-state index is -3.45. The molecule has 0 bridgehead atoms. The van der Waals surface area contributed by atoms with Crippen LogP contribution in [-0.4, -0.2) is 34.7 Å². The third-order valence-electron chi connectivity index (χ3n) is 3.13. The van der Waals surface area contributed by atoms with Crippen LogP contribution in [0.5, 0.6) is 0 Å². The zero-order valence-electron chi connectivity index (χ0n) is 11.3. The Bertz CT molecular complexity index is 539. The van der Waals surface area contributed by atoms with Crippen LogP contribution in [0.25, 0.3) is 0 Å². The van der Waals surface area contributed by atoms with E-state index < -0.39 is 10.0 Å². The van der Waals surface area contributed by atoms with E-state index in [0.29, 0.717) is 21.8 Å². The van der Waals surface area contributed by atoms with Crippen molar-refractivity contribution < 1.29 is 13.2 Å². The van der Waals surface area contributed by atoms with Gasteiger partial charge in [-0.2, -0.15) is 0 Å². The number of hydrogen-bond acceptors (Lipinski definition) is 5. The second kappa shape index (κ2) is 7.33. The van der Waals surface area contributed by atoms with Crippen molar-refractivity contribution in [3.8, 4) is 0 Å². The van der Waals surface area contributed by atoms with Gasteiger partial charge in [-0.15, -0.1) is 11.3 Å². The molecule has 1 fully saturated rings. The van der Waals surface area contributed by atoms with Gasteiger partial charge >= 0.3 is 0 Å². The number of nitrogens with one attached hydrogen (secondary N) is 2. The second-order valence-corrected chi connectivity index (χ2v) is 8.89. The molecule has 1 unspecified atom stereocenters. The lowest BCUT2D eigenvalue weighted by atomic mass is 10.2. The van der Waals surface area contributed by atoms with E-state index in [1.54, 1.807) is 6.07 Å². The fourth-order valence-electron chi connectivity index (χ4n) is 2.15. The van der Waals surface area contributed by atoms with Crippen molar-refractivity contribution >= 4 is 37.3 Å². The minimum absolute atomic E-state index is 0.198. The van der Waals surface area contributed by atoms with Crippen molar-refractivity contribution in [1.29, 1.82) is 0 Å². The molecule has 0 aromatic carbocycles. The van der Waals surface area contributed by atoms with E-state index in [4.69, 9.17) is 4.74 Å². The average Bonchev–Trinajstić information content (AvgIpc) is 2.99. The predicted molar refractivity (Wildman–Crippen MR) is 83.6 cm³/mol. The third-order valence-corrected chi connectivity index (χ3v) is 6.84. The van der Waals surface area contributed by atoms with E-state index in [1.807, 2.05) is 7.05 Å². The summed E-state index contributed by atoms with van der Waals surface area (Å²) in [5, 5.41) is 3.01. The Morgan fingerprint density at radius 2 is 2.35 bits per heavy atom. The summed E-state index contributed by atoms with van der Waals surface area (Å²) >= 11 is 4.76. The van der Waals surface area contributed by atoms with Gasteiger partial charge in [-0.3, -0.25) is 0 Å². The smallest absolute Gasteiger partial charge is 0.242 e. The summed E-state index contributed by atoms with van der Waals surface area (Å²) in [5.74, 6) is 0. The van der Waals surface area contributed by atoms with Gasteiger partial charge in [-0.25, -0.2) is 13.1 Å². The van der Waals surface area contributed by atoms with Crippen LogP contribution in [0.4, 0.5) is 0 Å². The summed E-state index contributed by atoms with van der Waals surface area (Å²) in [4.78, 5) is 1.30. The van der Waals surface area contributed by atoms with Crippen molar-refractivity contribution in [2.75, 3.05) is 20.2 Å². The molecule has 0 radical (unpaired) electrons. The Hall–Kier alpha value is 0.01000. The van der Waals surface area contributed by atoms with Crippen LogP contribution < -0.4 is 10.0 Å². The predicted octanol–water partition coefficient (Wildman–Crippen LogP) is 2.08. The summed E-state index contributed by atoms with van der Waals surface area (Å²) in [6.45, 7) is 1.87. The highest BCUT2D eigenvalue weighted by Crippen LogP contribution is 2.31. The zero-order valence-corrected chi connectivity index (χ0v) is 14.5. The second-order valence-electron chi connectivity index (χ2n) is 4.70. The largest absolute Gasteiger partial charge is 0.378 e. The number of sulfonamides is 1. The third kappa shape index (κ3) is 4.25. The Morgan fingerprint density at radius 3 is 3.00 bits per heavy atom. The van der Waals surface area contributed by atoms with Gasteiger partial charge in [-0.05, 0) is 48.3 Å². The molecule has 0 amide bonds. The lowest BCUT2D eigenvalue weighted by molar-refractivity contribution is 0.105. The van der Waals surface area contributed by atoms with Crippen LogP contribution in [0, 0.1) is 0 Å². The minimum Gasteiger partial charge on any atom is -0.378 e. The first-order chi connectivity index (χ1) is 9.53. The van der Waals surface area contributed by atoms with E-state index in [2.05, 4.69) is 26.0 Å². The lowest BCUT2D eigenvalue weighted by Crippen LogP contribution is -2.27. The quantitative estimate of drug-likeness (QED) is 0.757. The molecule has 1 saturated heterocycles. The van der Waals surface area contributed by atoms with Gasteiger partial charge in [0.15, 0.2) is 0 Å². The molecule has 8 heteroatoms. The molecule has 1 aromatic rings. The molecule has 1 aliphatic heterocycles. The summed E-state index contributed by atoms with van der Waals surface area (Å²) in [6.07, 6.45) is 3.02. The lowest BCUT2D eigenvalue weighted by Gasteiger charge is -2.10. The fraction of sp³-hybridized carbons (Fsp3) is 0.667.